The van der Waals surface area contributed by atoms with E-state index in [2.05, 4.69) is 5.32 Å². The van der Waals surface area contributed by atoms with E-state index in [0.717, 1.165) is 0 Å². The molecule has 9 aliphatic heterocycles. The minimum Gasteiger partial charge on any atom is -0.394 e. The standard InChI is InChI=1S/C55H93NO44/c1-10-18(21(66)32(77)48(85-10)93-40-13(4-59)88-51(34(79)25(40)70)96-42-15(6-61)89-50(35(80)27(42)72)94-39-12(3-58)86-47(84)31(76)24(39)69)56-19-22(67)30(75)46(55(9-64)45(19)100-55)99-54-38(83)29(74)44(17(8-63)92-54)98-53-37(82)28(73)43(16(7-62)91-53)97-52-36(81)26(71)41(14(5-60)90-52)95-49-33(78)23(68)20(65)11(2-57)87-49/h10-54,56-84H,2-9H2,1H3. The number of epoxide rings is 1. The lowest BCUT2D eigenvalue weighted by molar-refractivity contribution is -0.390. The van der Waals surface area contributed by atoms with E-state index in [4.69, 9.17) is 75.8 Å². The minimum atomic E-state index is -2.24. The molecule has 0 aromatic heterocycles. The van der Waals surface area contributed by atoms with Gasteiger partial charge in [0.15, 0.2) is 50.3 Å². The fourth-order valence-corrected chi connectivity index (χ4v) is 14.0. The number of hydrogen-bond donors (Lipinski definition) is 29. The third kappa shape index (κ3) is 15.4. The van der Waals surface area contributed by atoms with Crippen LogP contribution in [0.25, 0.3) is 0 Å². The van der Waals surface area contributed by atoms with Gasteiger partial charge in [0.1, 0.15) is 213 Å². The van der Waals surface area contributed by atoms with Gasteiger partial charge in [0.25, 0.3) is 0 Å². The molecule has 9 heterocycles. The van der Waals surface area contributed by atoms with Gasteiger partial charge in [0, 0.05) is 0 Å². The summed E-state index contributed by atoms with van der Waals surface area (Å²) >= 11 is 0. The van der Waals surface area contributed by atoms with Gasteiger partial charge in [-0.3, -0.25) is 0 Å². The number of aliphatic hydroxyl groups is 28. The molecule has 29 N–H and O–H groups in total. The van der Waals surface area contributed by atoms with E-state index in [-0.39, 0.29) is 0 Å². The van der Waals surface area contributed by atoms with Crippen LogP contribution in [0.3, 0.4) is 0 Å². The van der Waals surface area contributed by atoms with Gasteiger partial charge in [0.2, 0.25) is 0 Å². The molecule has 0 aromatic rings. The molecule has 1 saturated carbocycles. The van der Waals surface area contributed by atoms with Crippen LogP contribution in [0.2, 0.25) is 0 Å². The topological polar surface area (TPSA) is 729 Å². The number of aliphatic hydroxyl groups excluding tert-OH is 28. The Balaban J connectivity index is 0.718. The molecule has 0 spiro atoms. The first-order valence-electron chi connectivity index (χ1n) is 32.1. The molecule has 9 saturated heterocycles. The maximum atomic E-state index is 11.7. The Labute approximate surface area is 564 Å². The quantitative estimate of drug-likeness (QED) is 0.0399. The molecule has 0 bridgehead atoms. The van der Waals surface area contributed by atoms with Crippen molar-refractivity contribution in [2.24, 2.45) is 0 Å². The molecule has 45 nitrogen and oxygen atoms in total. The van der Waals surface area contributed by atoms with Crippen LogP contribution in [-0.4, -0.2) is 477 Å². The van der Waals surface area contributed by atoms with E-state index in [1.54, 1.807) is 0 Å². The molecule has 10 rings (SSSR count). The van der Waals surface area contributed by atoms with E-state index < -0.39 is 334 Å². The van der Waals surface area contributed by atoms with Crippen molar-refractivity contribution in [3.05, 3.63) is 0 Å². The van der Waals surface area contributed by atoms with Gasteiger partial charge >= 0.3 is 0 Å². The van der Waals surface area contributed by atoms with Crippen LogP contribution in [0.15, 0.2) is 0 Å². The molecule has 10 aliphatic rings. The highest BCUT2D eigenvalue weighted by Crippen LogP contribution is 2.51. The third-order valence-corrected chi connectivity index (χ3v) is 19.9. The van der Waals surface area contributed by atoms with Crippen molar-refractivity contribution in [1.29, 1.82) is 0 Å². The Morgan fingerprint density at radius 3 is 0.870 bits per heavy atom. The van der Waals surface area contributed by atoms with Crippen LogP contribution in [0, 0.1) is 0 Å². The van der Waals surface area contributed by atoms with Crippen LogP contribution in [0.4, 0.5) is 0 Å². The Kier molecular flexibility index (Phi) is 26.9. The summed E-state index contributed by atoms with van der Waals surface area (Å²) in [5, 5.41) is 305. The van der Waals surface area contributed by atoms with Gasteiger partial charge < -0.3 is 224 Å². The second-order valence-electron chi connectivity index (χ2n) is 26.2. The number of ether oxygens (including phenoxy) is 16. The molecule has 10 fully saturated rings. The number of nitrogens with one attached hydrogen (secondary N) is 1. The normalized spacial score (nSPS) is 55.5. The predicted molar refractivity (Wildman–Crippen MR) is 300 cm³/mol. The van der Waals surface area contributed by atoms with E-state index in [1.807, 2.05) is 0 Å². The highest BCUT2D eigenvalue weighted by atomic mass is 16.8. The summed E-state index contributed by atoms with van der Waals surface area (Å²) in [6, 6.07) is -2.90. The van der Waals surface area contributed by atoms with E-state index in [9.17, 15) is 143 Å². The zero-order valence-electron chi connectivity index (χ0n) is 52.7. The number of rotatable bonds is 24. The molecule has 46 unspecified atom stereocenters. The zero-order valence-corrected chi connectivity index (χ0v) is 52.7. The summed E-state index contributed by atoms with van der Waals surface area (Å²) in [6.07, 6.45) is -82.1. The van der Waals surface area contributed by atoms with Gasteiger partial charge in [-0.15, -0.1) is 0 Å². The summed E-state index contributed by atoms with van der Waals surface area (Å²) < 4.78 is 90.3. The monoisotopic (exact) mass is 1470 g/mol. The first-order chi connectivity index (χ1) is 47.4. The van der Waals surface area contributed by atoms with Crippen molar-refractivity contribution in [3.8, 4) is 0 Å². The highest BCUT2D eigenvalue weighted by molar-refractivity contribution is 5.23. The molecular weight excluding hydrogens is 1380 g/mol. The lowest BCUT2D eigenvalue weighted by Gasteiger charge is -2.50. The fraction of sp³-hybridized carbons (Fsp3) is 1.00. The summed E-state index contributed by atoms with van der Waals surface area (Å²) in [5.74, 6) is 0. The Morgan fingerprint density at radius 2 is 0.540 bits per heavy atom. The first-order valence-corrected chi connectivity index (χ1v) is 32.1. The molecular formula is C55H93NO44. The molecule has 582 valence electrons. The highest BCUT2D eigenvalue weighted by Gasteiger charge is 2.74. The molecule has 0 amide bonds. The second-order valence-corrected chi connectivity index (χ2v) is 26.2. The molecule has 45 heteroatoms. The Bertz CT molecular complexity index is 2540. The van der Waals surface area contributed by atoms with Crippen LogP contribution in [0.1, 0.15) is 6.92 Å². The van der Waals surface area contributed by atoms with Crippen molar-refractivity contribution in [3.63, 3.8) is 0 Å². The maximum absolute atomic E-state index is 11.7. The maximum Gasteiger partial charge on any atom is 0.187 e. The molecule has 1 aliphatic carbocycles. The van der Waals surface area contributed by atoms with E-state index in [0.29, 0.717) is 0 Å². The fourth-order valence-electron chi connectivity index (χ4n) is 14.0. The van der Waals surface area contributed by atoms with Crippen LogP contribution in [0.5, 0.6) is 0 Å². The average Bonchev–Trinajstić information content (AvgIpc) is 1.53. The molecule has 100 heavy (non-hydrogen) atoms. The lowest BCUT2D eigenvalue weighted by Crippen LogP contribution is -2.71. The summed E-state index contributed by atoms with van der Waals surface area (Å²) in [4.78, 5) is 0. The Hall–Kier alpha value is -1.80. The SMILES string of the molecule is CC1OC(OC2C(CO)OC(OC3C(CO)OC(OC4C(CO)OC(O)C(O)C4O)C(O)C3O)C(O)C2O)C(O)C(O)C1NC1C(O)C(O)C(OC2OC(CO)C(OC3OC(CO)C(OC4OC(CO)C(OC5OC(CO)C(O)C(O)C5O)C(O)C4O)C(O)C3O)C(O)C2O)C2(CO)OC12. The Morgan fingerprint density at radius 1 is 0.270 bits per heavy atom. The van der Waals surface area contributed by atoms with Gasteiger partial charge in [-0.2, -0.15) is 0 Å². The van der Waals surface area contributed by atoms with Crippen molar-refractivity contribution < 1.29 is 219 Å². The summed E-state index contributed by atoms with van der Waals surface area (Å²) in [7, 11) is 0. The number of hydrogen-bond acceptors (Lipinski definition) is 45. The van der Waals surface area contributed by atoms with Gasteiger partial charge in [0.05, 0.1) is 71.0 Å². The third-order valence-electron chi connectivity index (χ3n) is 19.9. The van der Waals surface area contributed by atoms with Gasteiger partial charge in [-0.05, 0) is 6.92 Å². The van der Waals surface area contributed by atoms with Crippen molar-refractivity contribution >= 4 is 0 Å². The smallest absolute Gasteiger partial charge is 0.187 e. The molecule has 0 aromatic carbocycles. The molecule has 46 atom stereocenters. The van der Waals surface area contributed by atoms with Crippen molar-refractivity contribution in [1.82, 2.24) is 5.32 Å². The van der Waals surface area contributed by atoms with Gasteiger partial charge in [-0.1, -0.05) is 0 Å². The van der Waals surface area contributed by atoms with Crippen LogP contribution in [-0.2, 0) is 75.8 Å². The zero-order chi connectivity index (χ0) is 73.2. The van der Waals surface area contributed by atoms with Gasteiger partial charge in [-0.25, -0.2) is 0 Å². The van der Waals surface area contributed by atoms with Crippen LogP contribution < -0.4 is 5.32 Å². The average molecular weight is 1470 g/mol. The van der Waals surface area contributed by atoms with Crippen molar-refractivity contribution in [2.75, 3.05) is 52.9 Å². The van der Waals surface area contributed by atoms with Crippen LogP contribution >= 0.6 is 0 Å². The van der Waals surface area contributed by atoms with E-state index >= 15 is 0 Å². The van der Waals surface area contributed by atoms with Crippen molar-refractivity contribution in [2.45, 2.75) is 289 Å². The number of fused-ring (bicyclic) bond motifs is 1. The first kappa shape index (κ1) is 80.7. The largest absolute Gasteiger partial charge is 0.394 e. The predicted octanol–water partition coefficient (Wildman–Crippen LogP) is -20.2. The summed E-state index contributed by atoms with van der Waals surface area (Å²) in [5.41, 5.74) is -1.98. The minimum absolute atomic E-state index is 0.856. The second kappa shape index (κ2) is 33.4. The lowest BCUT2D eigenvalue weighted by atomic mass is 9.78. The molecule has 0 radical (unpaired) electrons. The van der Waals surface area contributed by atoms with E-state index in [1.165, 1.54) is 6.92 Å². The summed E-state index contributed by atoms with van der Waals surface area (Å²) in [6.45, 7) is -6.54.